The summed E-state index contributed by atoms with van der Waals surface area (Å²) in [5.41, 5.74) is 15.4. The second-order valence-electron chi connectivity index (χ2n) is 9.03. The molecule has 0 aliphatic carbocycles. The van der Waals surface area contributed by atoms with E-state index in [0.717, 1.165) is 16.7 Å². The van der Waals surface area contributed by atoms with Crippen molar-refractivity contribution < 1.29 is 14.4 Å². The lowest BCUT2D eigenvalue weighted by atomic mass is 10.1. The maximum Gasteiger partial charge on any atom is 0.251 e. The third-order valence-electron chi connectivity index (χ3n) is 6.31. The molecule has 0 unspecified atom stereocenters. The van der Waals surface area contributed by atoms with Crippen molar-refractivity contribution in [3.8, 4) is 0 Å². The summed E-state index contributed by atoms with van der Waals surface area (Å²) in [6, 6.07) is 21.4. The van der Waals surface area contributed by atoms with Crippen molar-refractivity contribution in [2.45, 2.75) is 32.0 Å². The van der Waals surface area contributed by atoms with Crippen LogP contribution >= 0.6 is 0 Å². The van der Waals surface area contributed by atoms with Crippen molar-refractivity contribution in [2.24, 2.45) is 11.5 Å². The first-order chi connectivity index (χ1) is 17.8. The van der Waals surface area contributed by atoms with Crippen LogP contribution in [-0.4, -0.2) is 41.0 Å². The fourth-order valence-electron chi connectivity index (χ4n) is 4.27. The van der Waals surface area contributed by atoms with Crippen LogP contribution in [0.1, 0.15) is 39.0 Å². The zero-order valence-electron chi connectivity index (χ0n) is 20.4. The smallest absolute Gasteiger partial charge is 0.251 e. The number of hydrogen-bond donors (Lipinski definition) is 5. The first-order valence-corrected chi connectivity index (χ1v) is 12.0. The molecule has 3 aromatic rings. The number of nitrogen functional groups attached to an aromatic ring is 1. The van der Waals surface area contributed by atoms with Gasteiger partial charge in [-0.25, -0.2) is 0 Å². The predicted molar refractivity (Wildman–Crippen MR) is 142 cm³/mol. The van der Waals surface area contributed by atoms with E-state index in [-0.39, 0.29) is 24.1 Å². The highest BCUT2D eigenvalue weighted by molar-refractivity contribution is 5.97. The standard InChI is InChI=1S/C28H30N6O3/c29-25(35)15-24-28(37)34(13-12-18-4-2-1-3-5-18)17-22-11-10-21(14-23(22)33-24)27(36)32-16-19-6-8-20(9-7-19)26(30)31/h1-11,14,24,33H,12-13,15-17H2,(H2,29,35)(H3,30,31)(H,32,36)/t24-/m1/s1. The van der Waals surface area contributed by atoms with Crippen LogP contribution in [-0.2, 0) is 29.1 Å². The number of hydrogen-bond acceptors (Lipinski definition) is 5. The van der Waals surface area contributed by atoms with Crippen molar-refractivity contribution in [3.63, 3.8) is 0 Å². The third-order valence-corrected chi connectivity index (χ3v) is 6.31. The zero-order valence-corrected chi connectivity index (χ0v) is 20.4. The van der Waals surface area contributed by atoms with Gasteiger partial charge in [0, 0.05) is 36.4 Å². The van der Waals surface area contributed by atoms with Gasteiger partial charge in [-0.1, -0.05) is 60.7 Å². The Kier molecular flexibility index (Phi) is 7.83. The van der Waals surface area contributed by atoms with E-state index < -0.39 is 11.9 Å². The minimum atomic E-state index is -0.812. The maximum atomic E-state index is 13.3. The lowest BCUT2D eigenvalue weighted by Gasteiger charge is -2.24. The zero-order chi connectivity index (χ0) is 26.4. The molecule has 3 amide bonds. The highest BCUT2D eigenvalue weighted by Crippen LogP contribution is 2.26. The molecule has 4 rings (SSSR count). The van der Waals surface area contributed by atoms with Crippen LogP contribution in [0.4, 0.5) is 5.69 Å². The molecule has 1 atom stereocenters. The quantitative estimate of drug-likeness (QED) is 0.226. The van der Waals surface area contributed by atoms with E-state index in [2.05, 4.69) is 10.6 Å². The molecule has 9 heteroatoms. The van der Waals surface area contributed by atoms with Crippen LogP contribution in [0.5, 0.6) is 0 Å². The molecular weight excluding hydrogens is 468 g/mol. The van der Waals surface area contributed by atoms with Gasteiger partial charge in [0.05, 0.1) is 6.42 Å². The number of carbonyl (C=O) groups is 3. The number of amides is 3. The highest BCUT2D eigenvalue weighted by Gasteiger charge is 2.30. The normalized spacial score (nSPS) is 14.8. The SMILES string of the molecule is N=C(N)c1ccc(CNC(=O)c2ccc3c(c2)N[C@H](CC(N)=O)C(=O)N(CCc2ccccc2)C3)cc1. The van der Waals surface area contributed by atoms with Gasteiger partial charge in [0.15, 0.2) is 0 Å². The summed E-state index contributed by atoms with van der Waals surface area (Å²) in [5, 5.41) is 13.5. The molecular formula is C28H30N6O3. The van der Waals surface area contributed by atoms with Gasteiger partial charge in [-0.2, -0.15) is 0 Å². The Morgan fingerprint density at radius 2 is 1.68 bits per heavy atom. The lowest BCUT2D eigenvalue weighted by Crippen LogP contribution is -2.43. The molecule has 0 radical (unpaired) electrons. The van der Waals surface area contributed by atoms with Gasteiger partial charge in [0.25, 0.3) is 5.91 Å². The van der Waals surface area contributed by atoms with Crippen molar-refractivity contribution in [2.75, 3.05) is 11.9 Å². The van der Waals surface area contributed by atoms with Crippen LogP contribution < -0.4 is 22.1 Å². The second kappa shape index (κ2) is 11.4. The Labute approximate surface area is 215 Å². The molecule has 9 nitrogen and oxygen atoms in total. The number of primary amides is 1. The number of nitrogens with zero attached hydrogens (tertiary/aromatic N) is 1. The summed E-state index contributed by atoms with van der Waals surface area (Å²) in [5.74, 6) is -1.07. The van der Waals surface area contributed by atoms with Crippen molar-refractivity contribution >= 4 is 29.2 Å². The average Bonchev–Trinajstić information content (AvgIpc) is 3.02. The first-order valence-electron chi connectivity index (χ1n) is 12.0. The molecule has 1 aliphatic rings. The maximum absolute atomic E-state index is 13.3. The fourth-order valence-corrected chi connectivity index (χ4v) is 4.27. The van der Waals surface area contributed by atoms with Gasteiger partial charge >= 0.3 is 0 Å². The minimum Gasteiger partial charge on any atom is -0.384 e. The van der Waals surface area contributed by atoms with E-state index in [1.165, 1.54) is 0 Å². The largest absolute Gasteiger partial charge is 0.384 e. The summed E-state index contributed by atoms with van der Waals surface area (Å²) < 4.78 is 0. The Hall–Kier alpha value is -4.66. The van der Waals surface area contributed by atoms with E-state index in [1.54, 1.807) is 41.3 Å². The average molecular weight is 499 g/mol. The number of benzene rings is 3. The van der Waals surface area contributed by atoms with Gasteiger partial charge in [0.1, 0.15) is 11.9 Å². The number of nitrogens with two attached hydrogens (primary N) is 2. The molecule has 0 saturated heterocycles. The van der Waals surface area contributed by atoms with E-state index in [9.17, 15) is 14.4 Å². The number of anilines is 1. The molecule has 3 aromatic carbocycles. The summed E-state index contributed by atoms with van der Waals surface area (Å²) in [6.07, 6.45) is 0.534. The predicted octanol–water partition coefficient (Wildman–Crippen LogP) is 2.14. The molecule has 0 spiro atoms. The Balaban J connectivity index is 1.49. The molecule has 0 saturated carbocycles. The van der Waals surface area contributed by atoms with Crippen LogP contribution in [0, 0.1) is 5.41 Å². The van der Waals surface area contributed by atoms with Crippen LogP contribution in [0.3, 0.4) is 0 Å². The lowest BCUT2D eigenvalue weighted by molar-refractivity contribution is -0.134. The van der Waals surface area contributed by atoms with Crippen molar-refractivity contribution in [3.05, 3.63) is 101 Å². The van der Waals surface area contributed by atoms with E-state index >= 15 is 0 Å². The minimum absolute atomic E-state index is 0.0141. The second-order valence-corrected chi connectivity index (χ2v) is 9.03. The van der Waals surface area contributed by atoms with Crippen LogP contribution in [0.25, 0.3) is 0 Å². The van der Waals surface area contributed by atoms with Crippen molar-refractivity contribution in [1.82, 2.24) is 10.2 Å². The van der Waals surface area contributed by atoms with Gasteiger partial charge in [-0.15, -0.1) is 0 Å². The Morgan fingerprint density at radius 3 is 2.35 bits per heavy atom. The summed E-state index contributed by atoms with van der Waals surface area (Å²) >= 11 is 0. The molecule has 0 aromatic heterocycles. The van der Waals surface area contributed by atoms with Gasteiger partial charge in [0.2, 0.25) is 11.8 Å². The number of nitrogens with one attached hydrogen (secondary N) is 3. The first kappa shape index (κ1) is 25.4. The number of amidine groups is 1. The van der Waals surface area contributed by atoms with Gasteiger partial charge in [-0.05, 0) is 35.2 Å². The molecule has 0 fully saturated rings. The highest BCUT2D eigenvalue weighted by atomic mass is 16.2. The molecule has 7 N–H and O–H groups in total. The number of rotatable bonds is 9. The van der Waals surface area contributed by atoms with E-state index in [4.69, 9.17) is 16.9 Å². The molecule has 0 bridgehead atoms. The Morgan fingerprint density at radius 1 is 0.973 bits per heavy atom. The summed E-state index contributed by atoms with van der Waals surface area (Å²) in [4.78, 5) is 39.6. The summed E-state index contributed by atoms with van der Waals surface area (Å²) in [6.45, 7) is 1.15. The van der Waals surface area contributed by atoms with Crippen molar-refractivity contribution in [1.29, 1.82) is 5.41 Å². The fraction of sp³-hybridized carbons (Fsp3) is 0.214. The number of fused-ring (bicyclic) bond motifs is 1. The monoisotopic (exact) mass is 498 g/mol. The topological polar surface area (TPSA) is 154 Å². The van der Waals surface area contributed by atoms with Gasteiger partial charge < -0.3 is 27.0 Å². The molecule has 190 valence electrons. The number of carbonyl (C=O) groups excluding carboxylic acids is 3. The third kappa shape index (κ3) is 6.52. The van der Waals surface area contributed by atoms with E-state index in [1.807, 2.05) is 36.4 Å². The van der Waals surface area contributed by atoms with Crippen LogP contribution in [0.15, 0.2) is 72.8 Å². The van der Waals surface area contributed by atoms with E-state index in [0.29, 0.717) is 42.9 Å². The Bertz CT molecular complexity index is 1310. The molecule has 1 aliphatic heterocycles. The molecule has 37 heavy (non-hydrogen) atoms. The van der Waals surface area contributed by atoms with Crippen LogP contribution in [0.2, 0.25) is 0 Å². The summed E-state index contributed by atoms with van der Waals surface area (Å²) in [7, 11) is 0. The molecule has 1 heterocycles. The van der Waals surface area contributed by atoms with Gasteiger partial charge in [-0.3, -0.25) is 19.8 Å².